The molecule has 0 saturated heterocycles. The van der Waals surface area contributed by atoms with Crippen molar-refractivity contribution in [3.63, 3.8) is 0 Å². The average molecular weight is 199 g/mol. The molecule has 1 atom stereocenters. The number of allylic oxidation sites excluding steroid dienone is 4. The standard InChI is InChI=1S/C12H19Cl/c1-5-6-7-10(2)11(3)8-9-12(4)13/h8-10H,3-7H2,1-2H3/b9-8-. The minimum atomic E-state index is 0.548. The molecule has 1 heteroatoms. The molecule has 0 aliphatic heterocycles. The molecule has 0 N–H and O–H groups in total. The number of unbranched alkanes of at least 4 members (excludes halogenated alkanes) is 1. The lowest BCUT2D eigenvalue weighted by atomic mass is 9.96. The van der Waals surface area contributed by atoms with E-state index in [9.17, 15) is 0 Å². The van der Waals surface area contributed by atoms with Gasteiger partial charge in [0.1, 0.15) is 0 Å². The Kier molecular flexibility index (Phi) is 6.70. The Morgan fingerprint density at radius 1 is 1.38 bits per heavy atom. The van der Waals surface area contributed by atoms with E-state index in [1.807, 2.05) is 6.08 Å². The maximum Gasteiger partial charge on any atom is 0.0334 e. The highest BCUT2D eigenvalue weighted by atomic mass is 35.5. The molecule has 0 saturated carbocycles. The summed E-state index contributed by atoms with van der Waals surface area (Å²) in [5.74, 6) is 0.548. The van der Waals surface area contributed by atoms with Gasteiger partial charge in [-0.15, -0.1) is 0 Å². The van der Waals surface area contributed by atoms with Crippen LogP contribution < -0.4 is 0 Å². The van der Waals surface area contributed by atoms with Crippen LogP contribution in [0.15, 0.2) is 35.9 Å². The van der Waals surface area contributed by atoms with Crippen molar-refractivity contribution in [1.29, 1.82) is 0 Å². The second kappa shape index (κ2) is 6.97. The van der Waals surface area contributed by atoms with Crippen LogP contribution in [0.4, 0.5) is 0 Å². The molecule has 74 valence electrons. The summed E-state index contributed by atoms with van der Waals surface area (Å²) in [5.41, 5.74) is 1.13. The highest BCUT2D eigenvalue weighted by Gasteiger charge is 2.02. The average Bonchev–Trinajstić information content (AvgIpc) is 2.10. The van der Waals surface area contributed by atoms with Crippen molar-refractivity contribution in [3.8, 4) is 0 Å². The van der Waals surface area contributed by atoms with E-state index in [-0.39, 0.29) is 0 Å². The maximum atomic E-state index is 5.61. The summed E-state index contributed by atoms with van der Waals surface area (Å²) in [7, 11) is 0. The molecule has 0 radical (unpaired) electrons. The molecule has 0 bridgehead atoms. The Labute approximate surface area is 87.0 Å². The number of halogens is 1. The fourth-order valence-electron chi connectivity index (χ4n) is 1.06. The maximum absolute atomic E-state index is 5.61. The Morgan fingerprint density at radius 2 is 2.00 bits per heavy atom. The Morgan fingerprint density at radius 3 is 2.46 bits per heavy atom. The van der Waals surface area contributed by atoms with E-state index in [0.717, 1.165) is 5.57 Å². The van der Waals surface area contributed by atoms with Crippen LogP contribution in [-0.2, 0) is 0 Å². The van der Waals surface area contributed by atoms with Crippen LogP contribution in [0.1, 0.15) is 33.1 Å². The zero-order valence-electron chi connectivity index (χ0n) is 8.65. The van der Waals surface area contributed by atoms with Crippen LogP contribution in [0.3, 0.4) is 0 Å². The lowest BCUT2D eigenvalue weighted by molar-refractivity contribution is 0.582. The molecule has 0 aliphatic rings. The van der Waals surface area contributed by atoms with Crippen molar-refractivity contribution >= 4 is 11.6 Å². The molecule has 13 heavy (non-hydrogen) atoms. The predicted molar refractivity (Wildman–Crippen MR) is 62.0 cm³/mol. The summed E-state index contributed by atoms with van der Waals surface area (Å²) < 4.78 is 0. The first kappa shape index (κ1) is 12.5. The topological polar surface area (TPSA) is 0 Å². The van der Waals surface area contributed by atoms with Gasteiger partial charge < -0.3 is 0 Å². The van der Waals surface area contributed by atoms with Gasteiger partial charge in [-0.3, -0.25) is 0 Å². The smallest absolute Gasteiger partial charge is 0.0334 e. The molecular formula is C12H19Cl. The number of hydrogen-bond donors (Lipinski definition) is 0. The number of rotatable bonds is 6. The highest BCUT2D eigenvalue weighted by Crippen LogP contribution is 2.17. The summed E-state index contributed by atoms with van der Waals surface area (Å²) in [6.45, 7) is 12.0. The van der Waals surface area contributed by atoms with E-state index in [0.29, 0.717) is 11.0 Å². The zero-order valence-corrected chi connectivity index (χ0v) is 9.40. The van der Waals surface area contributed by atoms with E-state index in [1.165, 1.54) is 19.3 Å². The molecule has 1 unspecified atom stereocenters. The second-order valence-electron chi connectivity index (χ2n) is 3.40. The van der Waals surface area contributed by atoms with Crippen molar-refractivity contribution in [2.75, 3.05) is 0 Å². The van der Waals surface area contributed by atoms with Gasteiger partial charge >= 0.3 is 0 Å². The van der Waals surface area contributed by atoms with Gasteiger partial charge in [-0.25, -0.2) is 0 Å². The number of hydrogen-bond acceptors (Lipinski definition) is 0. The zero-order chi connectivity index (χ0) is 10.3. The Bertz CT molecular complexity index is 201. The van der Waals surface area contributed by atoms with Crippen molar-refractivity contribution in [3.05, 3.63) is 35.9 Å². The van der Waals surface area contributed by atoms with Gasteiger partial charge in [-0.05, 0) is 18.4 Å². The molecule has 0 nitrogen and oxygen atoms in total. The fourth-order valence-corrected chi connectivity index (χ4v) is 1.12. The minimum absolute atomic E-state index is 0.548. The molecule has 0 aromatic carbocycles. The molecule has 0 aromatic rings. The second-order valence-corrected chi connectivity index (χ2v) is 3.88. The SMILES string of the molecule is C=C(Cl)/C=C\C(=C)C(C)CCCC. The Balaban J connectivity index is 3.89. The van der Waals surface area contributed by atoms with E-state index in [2.05, 4.69) is 27.0 Å². The molecule has 0 rings (SSSR count). The summed E-state index contributed by atoms with van der Waals surface area (Å²) in [4.78, 5) is 0. The van der Waals surface area contributed by atoms with E-state index in [1.54, 1.807) is 6.08 Å². The molecule has 0 aliphatic carbocycles. The van der Waals surface area contributed by atoms with Crippen molar-refractivity contribution < 1.29 is 0 Å². The first-order chi connectivity index (χ1) is 6.07. The molecule has 0 heterocycles. The van der Waals surface area contributed by atoms with Crippen LogP contribution in [-0.4, -0.2) is 0 Å². The van der Waals surface area contributed by atoms with Crippen LogP contribution in [0.5, 0.6) is 0 Å². The third kappa shape index (κ3) is 6.65. The Hall–Kier alpha value is -0.490. The quantitative estimate of drug-likeness (QED) is 0.544. The lowest BCUT2D eigenvalue weighted by Gasteiger charge is -2.10. The highest BCUT2D eigenvalue weighted by molar-refractivity contribution is 6.30. The van der Waals surface area contributed by atoms with Crippen LogP contribution in [0.25, 0.3) is 0 Å². The first-order valence-corrected chi connectivity index (χ1v) is 5.17. The first-order valence-electron chi connectivity index (χ1n) is 4.79. The van der Waals surface area contributed by atoms with Gasteiger partial charge in [0.25, 0.3) is 0 Å². The van der Waals surface area contributed by atoms with Gasteiger partial charge in [0.05, 0.1) is 0 Å². The van der Waals surface area contributed by atoms with Crippen molar-refractivity contribution in [2.24, 2.45) is 5.92 Å². The third-order valence-electron chi connectivity index (χ3n) is 2.10. The summed E-state index contributed by atoms with van der Waals surface area (Å²) >= 11 is 5.61. The van der Waals surface area contributed by atoms with Crippen LogP contribution >= 0.6 is 11.6 Å². The summed E-state index contributed by atoms with van der Waals surface area (Å²) in [6, 6.07) is 0. The molecular weight excluding hydrogens is 180 g/mol. The minimum Gasteiger partial charge on any atom is -0.0956 e. The van der Waals surface area contributed by atoms with Crippen molar-refractivity contribution in [1.82, 2.24) is 0 Å². The predicted octanol–water partition coefficient (Wildman–Crippen LogP) is 4.68. The monoisotopic (exact) mass is 198 g/mol. The van der Waals surface area contributed by atoms with Crippen molar-refractivity contribution in [2.45, 2.75) is 33.1 Å². The largest absolute Gasteiger partial charge is 0.0956 e. The van der Waals surface area contributed by atoms with Gasteiger partial charge in [0.2, 0.25) is 0 Å². The van der Waals surface area contributed by atoms with Gasteiger partial charge in [0, 0.05) is 5.03 Å². The van der Waals surface area contributed by atoms with Crippen LogP contribution in [0, 0.1) is 5.92 Å². The van der Waals surface area contributed by atoms with E-state index in [4.69, 9.17) is 11.6 Å². The lowest BCUT2D eigenvalue weighted by Crippen LogP contribution is -1.95. The molecule has 0 spiro atoms. The van der Waals surface area contributed by atoms with E-state index < -0.39 is 0 Å². The summed E-state index contributed by atoms with van der Waals surface area (Å²) in [6.07, 6.45) is 7.45. The third-order valence-corrected chi connectivity index (χ3v) is 2.23. The van der Waals surface area contributed by atoms with Gasteiger partial charge in [0.15, 0.2) is 0 Å². The van der Waals surface area contributed by atoms with Gasteiger partial charge in [-0.1, -0.05) is 63.1 Å². The molecule has 0 fully saturated rings. The van der Waals surface area contributed by atoms with Gasteiger partial charge in [-0.2, -0.15) is 0 Å². The molecule has 0 aromatic heterocycles. The summed E-state index contributed by atoms with van der Waals surface area (Å²) in [5, 5.41) is 0.559. The van der Waals surface area contributed by atoms with E-state index >= 15 is 0 Å². The van der Waals surface area contributed by atoms with Crippen LogP contribution in [0.2, 0.25) is 0 Å². The molecule has 0 amide bonds. The normalized spacial score (nSPS) is 13.2. The fraction of sp³-hybridized carbons (Fsp3) is 0.500.